The fraction of sp³-hybridized carbons (Fsp3) is 0.214. The Balaban J connectivity index is 2.15. The van der Waals surface area contributed by atoms with Crippen molar-refractivity contribution in [2.75, 3.05) is 11.1 Å². The Hall–Kier alpha value is -2.17. The number of aromatic nitrogens is 1. The molecule has 100 valence electrons. The van der Waals surface area contributed by atoms with Gasteiger partial charge in [-0.1, -0.05) is 6.07 Å². The number of benzene rings is 1. The number of nitrogens with zero attached hydrogens (tertiary/aromatic N) is 1. The first kappa shape index (κ1) is 13.3. The van der Waals surface area contributed by atoms with Crippen LogP contribution in [-0.2, 0) is 6.54 Å². The van der Waals surface area contributed by atoms with Gasteiger partial charge < -0.3 is 11.1 Å². The van der Waals surface area contributed by atoms with E-state index >= 15 is 0 Å². The summed E-state index contributed by atoms with van der Waals surface area (Å²) in [4.78, 5) is 4.31. The van der Waals surface area contributed by atoms with Crippen molar-refractivity contribution in [1.29, 1.82) is 0 Å². The van der Waals surface area contributed by atoms with Crippen molar-refractivity contribution in [3.8, 4) is 0 Å². The van der Waals surface area contributed by atoms with Gasteiger partial charge in [0.1, 0.15) is 0 Å². The molecule has 1 heterocycles. The van der Waals surface area contributed by atoms with Gasteiger partial charge in [0.05, 0.1) is 12.2 Å². The van der Waals surface area contributed by atoms with Crippen molar-refractivity contribution in [1.82, 2.24) is 4.98 Å². The third kappa shape index (κ3) is 3.40. The molecule has 2 aromatic rings. The van der Waals surface area contributed by atoms with Gasteiger partial charge in [0.25, 0.3) is 6.43 Å². The van der Waals surface area contributed by atoms with Crippen LogP contribution in [0, 0.1) is 6.92 Å². The molecule has 0 atom stereocenters. The normalized spacial score (nSPS) is 10.7. The van der Waals surface area contributed by atoms with E-state index in [0.29, 0.717) is 17.9 Å². The summed E-state index contributed by atoms with van der Waals surface area (Å²) >= 11 is 0. The number of rotatable bonds is 4. The fourth-order valence-corrected chi connectivity index (χ4v) is 1.81. The van der Waals surface area contributed by atoms with Crippen LogP contribution in [0.15, 0.2) is 36.4 Å². The quantitative estimate of drug-likeness (QED) is 0.830. The minimum absolute atomic E-state index is 0.0901. The standard InChI is InChI=1S/C14H15F2N3/c1-9-3-2-4-11(19-9)8-18-13-6-5-10(17)7-12(13)14(15)16/h2-7,14,18H,8,17H2,1H3. The van der Waals surface area contributed by atoms with Gasteiger partial charge in [-0.2, -0.15) is 0 Å². The lowest BCUT2D eigenvalue weighted by Gasteiger charge is -2.12. The first-order valence-corrected chi connectivity index (χ1v) is 5.90. The third-order valence-electron chi connectivity index (χ3n) is 2.72. The number of nitrogen functional groups attached to an aromatic ring is 1. The van der Waals surface area contributed by atoms with Crippen molar-refractivity contribution >= 4 is 11.4 Å². The van der Waals surface area contributed by atoms with E-state index in [0.717, 1.165) is 11.4 Å². The molecule has 0 saturated heterocycles. The van der Waals surface area contributed by atoms with Gasteiger partial charge in [-0.05, 0) is 37.3 Å². The van der Waals surface area contributed by atoms with Crippen LogP contribution in [0.25, 0.3) is 0 Å². The van der Waals surface area contributed by atoms with Gasteiger partial charge >= 0.3 is 0 Å². The zero-order valence-corrected chi connectivity index (χ0v) is 10.5. The molecule has 0 bridgehead atoms. The molecule has 3 nitrogen and oxygen atoms in total. The number of pyridine rings is 1. The van der Waals surface area contributed by atoms with Gasteiger partial charge in [-0.25, -0.2) is 8.78 Å². The van der Waals surface area contributed by atoms with Crippen LogP contribution in [-0.4, -0.2) is 4.98 Å². The Morgan fingerprint density at radius 2 is 2.05 bits per heavy atom. The molecule has 0 saturated carbocycles. The molecule has 3 N–H and O–H groups in total. The van der Waals surface area contributed by atoms with E-state index < -0.39 is 6.43 Å². The molecule has 0 aliphatic heterocycles. The average molecular weight is 263 g/mol. The number of anilines is 2. The van der Waals surface area contributed by atoms with Crippen molar-refractivity contribution in [3.63, 3.8) is 0 Å². The van der Waals surface area contributed by atoms with Gasteiger partial charge in [0.15, 0.2) is 0 Å². The maximum absolute atomic E-state index is 12.9. The molecule has 19 heavy (non-hydrogen) atoms. The van der Waals surface area contributed by atoms with Crippen LogP contribution < -0.4 is 11.1 Å². The molecule has 1 aromatic heterocycles. The Kier molecular flexibility index (Phi) is 3.94. The summed E-state index contributed by atoms with van der Waals surface area (Å²) in [7, 11) is 0. The molecule has 0 aliphatic rings. The molecule has 0 amide bonds. The number of aryl methyl sites for hydroxylation is 1. The molecule has 0 spiro atoms. The number of halogens is 2. The zero-order valence-electron chi connectivity index (χ0n) is 10.5. The van der Waals surface area contributed by atoms with Crippen molar-refractivity contribution in [2.24, 2.45) is 0 Å². The second-order valence-corrected chi connectivity index (χ2v) is 4.27. The number of nitrogens with one attached hydrogen (secondary N) is 1. The molecule has 1 aromatic carbocycles. The largest absolute Gasteiger partial charge is 0.399 e. The minimum Gasteiger partial charge on any atom is -0.399 e. The van der Waals surface area contributed by atoms with Crippen LogP contribution in [0.2, 0.25) is 0 Å². The zero-order chi connectivity index (χ0) is 13.8. The highest BCUT2D eigenvalue weighted by molar-refractivity contribution is 5.58. The number of hydrogen-bond acceptors (Lipinski definition) is 3. The summed E-state index contributed by atoms with van der Waals surface area (Å²) in [6, 6.07) is 10.1. The van der Waals surface area contributed by atoms with Gasteiger partial charge in [-0.15, -0.1) is 0 Å². The smallest absolute Gasteiger partial charge is 0.265 e. The highest BCUT2D eigenvalue weighted by atomic mass is 19.3. The van der Waals surface area contributed by atoms with Crippen molar-refractivity contribution < 1.29 is 8.78 Å². The molecular weight excluding hydrogens is 248 g/mol. The average Bonchev–Trinajstić information content (AvgIpc) is 2.37. The van der Waals surface area contributed by atoms with E-state index in [-0.39, 0.29) is 5.56 Å². The van der Waals surface area contributed by atoms with E-state index in [4.69, 9.17) is 5.73 Å². The highest BCUT2D eigenvalue weighted by Gasteiger charge is 2.13. The molecule has 5 heteroatoms. The van der Waals surface area contributed by atoms with Crippen LogP contribution in [0.5, 0.6) is 0 Å². The van der Waals surface area contributed by atoms with Crippen molar-refractivity contribution in [3.05, 3.63) is 53.3 Å². The Labute approximate surface area is 110 Å². The maximum atomic E-state index is 12.9. The highest BCUT2D eigenvalue weighted by Crippen LogP contribution is 2.29. The van der Waals surface area contributed by atoms with E-state index in [9.17, 15) is 8.78 Å². The third-order valence-corrected chi connectivity index (χ3v) is 2.72. The van der Waals surface area contributed by atoms with E-state index in [2.05, 4.69) is 10.3 Å². The number of nitrogens with two attached hydrogens (primary N) is 1. The molecule has 0 unspecified atom stereocenters. The Bertz CT molecular complexity index is 570. The molecular formula is C14H15F2N3. The van der Waals surface area contributed by atoms with Crippen molar-refractivity contribution in [2.45, 2.75) is 19.9 Å². The number of hydrogen-bond donors (Lipinski definition) is 2. The van der Waals surface area contributed by atoms with Crippen LogP contribution in [0.3, 0.4) is 0 Å². The summed E-state index contributed by atoms with van der Waals surface area (Å²) in [5.74, 6) is 0. The number of alkyl halides is 2. The summed E-state index contributed by atoms with van der Waals surface area (Å²) in [5, 5.41) is 2.97. The van der Waals surface area contributed by atoms with E-state index in [1.807, 2.05) is 25.1 Å². The molecule has 2 rings (SSSR count). The van der Waals surface area contributed by atoms with Gasteiger partial charge in [-0.3, -0.25) is 4.98 Å². The Morgan fingerprint density at radius 3 is 2.74 bits per heavy atom. The Morgan fingerprint density at radius 1 is 1.26 bits per heavy atom. The molecule has 0 radical (unpaired) electrons. The lowest BCUT2D eigenvalue weighted by Crippen LogP contribution is -2.05. The monoisotopic (exact) mass is 263 g/mol. The minimum atomic E-state index is -2.56. The second kappa shape index (κ2) is 5.65. The fourth-order valence-electron chi connectivity index (χ4n) is 1.81. The summed E-state index contributed by atoms with van der Waals surface area (Å²) in [5.41, 5.74) is 7.84. The van der Waals surface area contributed by atoms with Crippen LogP contribution in [0.1, 0.15) is 23.4 Å². The first-order valence-electron chi connectivity index (χ1n) is 5.90. The summed E-state index contributed by atoms with van der Waals surface area (Å²) in [6.07, 6.45) is -2.56. The van der Waals surface area contributed by atoms with Crippen LogP contribution >= 0.6 is 0 Å². The maximum Gasteiger partial charge on any atom is 0.265 e. The topological polar surface area (TPSA) is 50.9 Å². The summed E-state index contributed by atoms with van der Waals surface area (Å²) in [6.45, 7) is 2.28. The second-order valence-electron chi connectivity index (χ2n) is 4.27. The molecule has 0 aliphatic carbocycles. The van der Waals surface area contributed by atoms with E-state index in [1.165, 1.54) is 6.07 Å². The van der Waals surface area contributed by atoms with Crippen LogP contribution in [0.4, 0.5) is 20.2 Å². The predicted octanol–water partition coefficient (Wildman–Crippen LogP) is 3.52. The first-order chi connectivity index (χ1) is 9.06. The summed E-state index contributed by atoms with van der Waals surface area (Å²) < 4.78 is 25.8. The predicted molar refractivity (Wildman–Crippen MR) is 72.1 cm³/mol. The van der Waals surface area contributed by atoms with Gasteiger partial charge in [0.2, 0.25) is 0 Å². The van der Waals surface area contributed by atoms with Gasteiger partial charge in [0, 0.05) is 22.6 Å². The lowest BCUT2D eigenvalue weighted by molar-refractivity contribution is 0.152. The lowest BCUT2D eigenvalue weighted by atomic mass is 10.1. The SMILES string of the molecule is Cc1cccc(CNc2ccc(N)cc2C(F)F)n1. The molecule has 0 fully saturated rings. The van der Waals surface area contributed by atoms with E-state index in [1.54, 1.807) is 12.1 Å².